The van der Waals surface area contributed by atoms with Crippen LogP contribution in [0.3, 0.4) is 0 Å². The second-order valence-electron chi connectivity index (χ2n) is 6.94. The molecule has 7 heteroatoms. The molecule has 2 N–H and O–H groups in total. The second kappa shape index (κ2) is 10.2. The van der Waals surface area contributed by atoms with Crippen LogP contribution >= 0.6 is 0 Å². The minimum absolute atomic E-state index is 0.150. The van der Waals surface area contributed by atoms with Crippen LogP contribution in [0.1, 0.15) is 16.7 Å². The molecule has 160 valence electrons. The Bertz CT molecular complexity index is 1080. The lowest BCUT2D eigenvalue weighted by molar-refractivity contribution is -0.118. The smallest absolute Gasteiger partial charge is 0.262 e. The summed E-state index contributed by atoms with van der Waals surface area (Å²) in [6, 6.07) is 16.9. The van der Waals surface area contributed by atoms with Crippen molar-refractivity contribution in [3.63, 3.8) is 0 Å². The van der Waals surface area contributed by atoms with Gasteiger partial charge in [-0.3, -0.25) is 10.2 Å². The SMILES string of the molecule is COc1cc(C=NNc2ccc(F)cc2)ccc1OCC(=O)Nc1ccc(C)cc1C. The molecule has 3 aromatic carbocycles. The Balaban J connectivity index is 1.58. The fourth-order valence-corrected chi connectivity index (χ4v) is 2.87. The van der Waals surface area contributed by atoms with Gasteiger partial charge in [0.05, 0.1) is 19.0 Å². The molecule has 0 aliphatic heterocycles. The maximum atomic E-state index is 12.9. The highest BCUT2D eigenvalue weighted by atomic mass is 19.1. The summed E-state index contributed by atoms with van der Waals surface area (Å²) in [5.74, 6) is 0.354. The minimum Gasteiger partial charge on any atom is -0.493 e. The maximum Gasteiger partial charge on any atom is 0.262 e. The Morgan fingerprint density at radius 1 is 1.03 bits per heavy atom. The molecule has 31 heavy (non-hydrogen) atoms. The third-order valence-electron chi connectivity index (χ3n) is 4.45. The lowest BCUT2D eigenvalue weighted by Crippen LogP contribution is -2.20. The van der Waals surface area contributed by atoms with Crippen LogP contribution < -0.4 is 20.2 Å². The minimum atomic E-state index is -0.308. The van der Waals surface area contributed by atoms with Gasteiger partial charge in [-0.05, 0) is 73.5 Å². The molecule has 0 radical (unpaired) electrons. The molecular formula is C24H24FN3O3. The molecule has 0 spiro atoms. The summed E-state index contributed by atoms with van der Waals surface area (Å²) in [6.07, 6.45) is 1.60. The molecule has 3 rings (SSSR count). The average molecular weight is 421 g/mol. The number of nitrogens with one attached hydrogen (secondary N) is 2. The number of carbonyl (C=O) groups is 1. The lowest BCUT2D eigenvalue weighted by Gasteiger charge is -2.12. The molecule has 0 saturated heterocycles. The first-order valence-electron chi connectivity index (χ1n) is 9.67. The van der Waals surface area contributed by atoms with Gasteiger partial charge in [0.1, 0.15) is 5.82 Å². The zero-order chi connectivity index (χ0) is 22.2. The van der Waals surface area contributed by atoms with Gasteiger partial charge in [-0.1, -0.05) is 17.7 Å². The van der Waals surface area contributed by atoms with Crippen molar-refractivity contribution in [3.05, 3.63) is 83.2 Å². The van der Waals surface area contributed by atoms with Gasteiger partial charge in [0.15, 0.2) is 18.1 Å². The zero-order valence-electron chi connectivity index (χ0n) is 17.6. The summed E-state index contributed by atoms with van der Waals surface area (Å²) in [6.45, 7) is 3.79. The van der Waals surface area contributed by atoms with E-state index in [4.69, 9.17) is 9.47 Å². The lowest BCUT2D eigenvalue weighted by atomic mass is 10.1. The molecule has 0 fully saturated rings. The average Bonchev–Trinajstić information content (AvgIpc) is 2.76. The van der Waals surface area contributed by atoms with E-state index in [9.17, 15) is 9.18 Å². The number of anilines is 2. The molecule has 6 nitrogen and oxygen atoms in total. The molecule has 0 aromatic heterocycles. The van der Waals surface area contributed by atoms with Crippen molar-refractivity contribution in [2.24, 2.45) is 5.10 Å². The topological polar surface area (TPSA) is 71.9 Å². The van der Waals surface area contributed by atoms with E-state index in [0.29, 0.717) is 17.2 Å². The van der Waals surface area contributed by atoms with Crippen molar-refractivity contribution in [2.75, 3.05) is 24.5 Å². The molecule has 0 saturated carbocycles. The molecule has 0 bridgehead atoms. The Labute approximate surface area is 180 Å². The van der Waals surface area contributed by atoms with E-state index in [1.165, 1.54) is 19.2 Å². The number of halogens is 1. The van der Waals surface area contributed by atoms with Crippen LogP contribution in [0.2, 0.25) is 0 Å². The van der Waals surface area contributed by atoms with Gasteiger partial charge in [0, 0.05) is 5.69 Å². The summed E-state index contributed by atoms with van der Waals surface area (Å²) in [5.41, 5.74) is 7.13. The van der Waals surface area contributed by atoms with Crippen molar-refractivity contribution in [3.8, 4) is 11.5 Å². The van der Waals surface area contributed by atoms with E-state index in [-0.39, 0.29) is 18.3 Å². The molecule has 0 aliphatic rings. The number of ether oxygens (including phenoxy) is 2. The summed E-state index contributed by atoms with van der Waals surface area (Å²) in [5, 5.41) is 6.97. The number of methoxy groups -OCH3 is 1. The highest BCUT2D eigenvalue weighted by molar-refractivity contribution is 5.92. The quantitative estimate of drug-likeness (QED) is 0.400. The zero-order valence-corrected chi connectivity index (χ0v) is 17.6. The Hall–Kier alpha value is -3.87. The highest BCUT2D eigenvalue weighted by Gasteiger charge is 2.10. The first-order valence-corrected chi connectivity index (χ1v) is 9.67. The fourth-order valence-electron chi connectivity index (χ4n) is 2.87. The van der Waals surface area contributed by atoms with Crippen LogP contribution in [0.5, 0.6) is 11.5 Å². The van der Waals surface area contributed by atoms with Gasteiger partial charge in [0.2, 0.25) is 0 Å². The summed E-state index contributed by atoms with van der Waals surface area (Å²) < 4.78 is 23.9. The van der Waals surface area contributed by atoms with Crippen molar-refractivity contribution in [1.29, 1.82) is 0 Å². The summed E-state index contributed by atoms with van der Waals surface area (Å²) >= 11 is 0. The van der Waals surface area contributed by atoms with Gasteiger partial charge < -0.3 is 14.8 Å². The van der Waals surface area contributed by atoms with E-state index >= 15 is 0 Å². The van der Waals surface area contributed by atoms with Crippen LogP contribution in [-0.2, 0) is 4.79 Å². The molecule has 0 unspecified atom stereocenters. The predicted molar refractivity (Wildman–Crippen MR) is 121 cm³/mol. The number of carbonyl (C=O) groups excluding carboxylic acids is 1. The first-order chi connectivity index (χ1) is 14.9. The predicted octanol–water partition coefficient (Wildman–Crippen LogP) is 4.91. The van der Waals surface area contributed by atoms with Crippen LogP contribution in [0.15, 0.2) is 65.8 Å². The van der Waals surface area contributed by atoms with Gasteiger partial charge >= 0.3 is 0 Å². The number of nitrogens with zero attached hydrogens (tertiary/aromatic N) is 1. The first kappa shape index (κ1) is 21.8. The molecule has 0 atom stereocenters. The molecule has 3 aromatic rings. The molecular weight excluding hydrogens is 397 g/mol. The van der Waals surface area contributed by atoms with E-state index in [1.807, 2.05) is 32.0 Å². The van der Waals surface area contributed by atoms with Crippen LogP contribution in [0.25, 0.3) is 0 Å². The van der Waals surface area contributed by atoms with Crippen LogP contribution in [0, 0.1) is 19.7 Å². The van der Waals surface area contributed by atoms with E-state index in [0.717, 1.165) is 22.4 Å². The third-order valence-corrected chi connectivity index (χ3v) is 4.45. The molecule has 0 heterocycles. The van der Waals surface area contributed by atoms with Crippen molar-refractivity contribution in [2.45, 2.75) is 13.8 Å². The number of hydrazone groups is 1. The number of hydrogen-bond acceptors (Lipinski definition) is 5. The van der Waals surface area contributed by atoms with E-state index < -0.39 is 0 Å². The van der Waals surface area contributed by atoms with Crippen LogP contribution in [-0.4, -0.2) is 25.8 Å². The second-order valence-corrected chi connectivity index (χ2v) is 6.94. The number of amides is 1. The Kier molecular flexibility index (Phi) is 7.22. The molecule has 1 amide bonds. The van der Waals surface area contributed by atoms with Gasteiger partial charge in [0.25, 0.3) is 5.91 Å². The number of benzene rings is 3. The summed E-state index contributed by atoms with van der Waals surface area (Å²) in [4.78, 5) is 12.3. The van der Waals surface area contributed by atoms with Crippen LogP contribution in [0.4, 0.5) is 15.8 Å². The Morgan fingerprint density at radius 2 is 1.81 bits per heavy atom. The summed E-state index contributed by atoms with van der Waals surface area (Å²) in [7, 11) is 1.52. The fraction of sp³-hybridized carbons (Fsp3) is 0.167. The normalized spacial score (nSPS) is 10.7. The van der Waals surface area contributed by atoms with E-state index in [2.05, 4.69) is 15.8 Å². The standard InChI is InChI=1S/C24H24FN3O3/c1-16-4-10-21(17(2)12-16)27-24(29)15-31-22-11-5-18(13-23(22)30-3)14-26-28-20-8-6-19(25)7-9-20/h4-14,28H,15H2,1-3H3,(H,27,29). The third kappa shape index (κ3) is 6.30. The van der Waals surface area contributed by atoms with Gasteiger partial charge in [-0.2, -0.15) is 5.10 Å². The maximum absolute atomic E-state index is 12.9. The Morgan fingerprint density at radius 3 is 2.52 bits per heavy atom. The van der Waals surface area contributed by atoms with Gasteiger partial charge in [-0.25, -0.2) is 4.39 Å². The monoisotopic (exact) mass is 421 g/mol. The van der Waals surface area contributed by atoms with Crippen molar-refractivity contribution < 1.29 is 18.7 Å². The van der Waals surface area contributed by atoms with E-state index in [1.54, 1.807) is 36.5 Å². The number of rotatable bonds is 8. The largest absolute Gasteiger partial charge is 0.493 e. The number of hydrogen-bond donors (Lipinski definition) is 2. The number of aryl methyl sites for hydroxylation is 2. The highest BCUT2D eigenvalue weighted by Crippen LogP contribution is 2.27. The van der Waals surface area contributed by atoms with Gasteiger partial charge in [-0.15, -0.1) is 0 Å². The van der Waals surface area contributed by atoms with Crippen molar-refractivity contribution in [1.82, 2.24) is 0 Å². The molecule has 0 aliphatic carbocycles. The van der Waals surface area contributed by atoms with Crippen molar-refractivity contribution >= 4 is 23.5 Å².